The van der Waals surface area contributed by atoms with E-state index in [1.807, 2.05) is 13.0 Å². The predicted octanol–water partition coefficient (Wildman–Crippen LogP) is 3.64. The molecule has 0 spiro atoms. The molecule has 1 aliphatic rings. The summed E-state index contributed by atoms with van der Waals surface area (Å²) in [6.07, 6.45) is 7.75. The number of benzene rings is 1. The van der Waals surface area contributed by atoms with Crippen LogP contribution in [-0.2, 0) is 17.6 Å². The van der Waals surface area contributed by atoms with Crippen molar-refractivity contribution in [3.8, 4) is 5.75 Å². The van der Waals surface area contributed by atoms with Crippen LogP contribution in [0.25, 0.3) is 0 Å². The zero-order valence-electron chi connectivity index (χ0n) is 13.3. The maximum atomic E-state index is 12.0. The highest BCUT2D eigenvalue weighted by Crippen LogP contribution is 2.25. The molecule has 1 aliphatic carbocycles. The average Bonchev–Trinajstić information content (AvgIpc) is 2.51. The number of hydrogen-bond acceptors (Lipinski definition) is 2. The van der Waals surface area contributed by atoms with Gasteiger partial charge in [-0.1, -0.05) is 25.8 Å². The van der Waals surface area contributed by atoms with Crippen molar-refractivity contribution in [2.24, 2.45) is 0 Å². The SMILES string of the molecule is CCCCCNC(=O)[C@H](C)Oc1ccc2c(c1)CCCC2. The molecule has 2 rings (SSSR count). The Bertz CT molecular complexity index is 470. The Morgan fingerprint density at radius 1 is 1.24 bits per heavy atom. The second kappa shape index (κ2) is 8.06. The van der Waals surface area contributed by atoms with E-state index in [4.69, 9.17) is 4.74 Å². The fourth-order valence-electron chi connectivity index (χ4n) is 2.77. The maximum absolute atomic E-state index is 12.0. The molecule has 3 nitrogen and oxygen atoms in total. The molecule has 1 amide bonds. The molecule has 21 heavy (non-hydrogen) atoms. The summed E-state index contributed by atoms with van der Waals surface area (Å²) in [4.78, 5) is 12.0. The number of hydrogen-bond donors (Lipinski definition) is 1. The fraction of sp³-hybridized carbons (Fsp3) is 0.611. The van der Waals surface area contributed by atoms with Crippen molar-refractivity contribution in [1.29, 1.82) is 0 Å². The molecule has 0 saturated heterocycles. The Morgan fingerprint density at radius 2 is 2.00 bits per heavy atom. The Kier molecular flexibility index (Phi) is 6.09. The van der Waals surface area contributed by atoms with Gasteiger partial charge < -0.3 is 10.1 Å². The van der Waals surface area contributed by atoms with Crippen molar-refractivity contribution in [3.63, 3.8) is 0 Å². The summed E-state index contributed by atoms with van der Waals surface area (Å²) >= 11 is 0. The number of carbonyl (C=O) groups is 1. The molecule has 0 saturated carbocycles. The number of carbonyl (C=O) groups excluding carboxylic acids is 1. The van der Waals surface area contributed by atoms with Gasteiger partial charge in [0, 0.05) is 6.54 Å². The molecule has 0 bridgehead atoms. The number of ether oxygens (including phenoxy) is 1. The van der Waals surface area contributed by atoms with Gasteiger partial charge in [0.15, 0.2) is 6.10 Å². The van der Waals surface area contributed by atoms with E-state index in [0.29, 0.717) is 0 Å². The van der Waals surface area contributed by atoms with E-state index in [2.05, 4.69) is 24.4 Å². The smallest absolute Gasteiger partial charge is 0.260 e. The monoisotopic (exact) mass is 289 g/mol. The largest absolute Gasteiger partial charge is 0.481 e. The minimum absolute atomic E-state index is 0.0242. The molecule has 1 N–H and O–H groups in total. The zero-order valence-corrected chi connectivity index (χ0v) is 13.3. The van der Waals surface area contributed by atoms with Crippen molar-refractivity contribution in [3.05, 3.63) is 29.3 Å². The molecule has 3 heteroatoms. The lowest BCUT2D eigenvalue weighted by molar-refractivity contribution is -0.127. The Balaban J connectivity index is 1.84. The van der Waals surface area contributed by atoms with Crippen molar-refractivity contribution in [2.75, 3.05) is 6.54 Å². The third-order valence-corrected chi connectivity index (χ3v) is 4.08. The molecule has 0 heterocycles. The van der Waals surface area contributed by atoms with Gasteiger partial charge in [-0.05, 0) is 62.3 Å². The Hall–Kier alpha value is -1.51. The first-order valence-corrected chi connectivity index (χ1v) is 8.27. The number of unbranched alkanes of at least 4 members (excludes halogenated alkanes) is 2. The van der Waals surface area contributed by atoms with E-state index >= 15 is 0 Å². The predicted molar refractivity (Wildman–Crippen MR) is 85.7 cm³/mol. The molecule has 0 radical (unpaired) electrons. The first kappa shape index (κ1) is 15.9. The Morgan fingerprint density at radius 3 is 2.76 bits per heavy atom. The van der Waals surface area contributed by atoms with Gasteiger partial charge in [-0.15, -0.1) is 0 Å². The van der Waals surface area contributed by atoms with Crippen molar-refractivity contribution < 1.29 is 9.53 Å². The van der Waals surface area contributed by atoms with Gasteiger partial charge in [-0.2, -0.15) is 0 Å². The summed E-state index contributed by atoms with van der Waals surface area (Å²) in [7, 11) is 0. The molecule has 0 aliphatic heterocycles. The summed E-state index contributed by atoms with van der Waals surface area (Å²) in [5.74, 6) is 0.788. The van der Waals surface area contributed by atoms with Gasteiger partial charge in [0.05, 0.1) is 0 Å². The van der Waals surface area contributed by atoms with Crippen LogP contribution in [0, 0.1) is 0 Å². The number of amides is 1. The molecule has 0 aromatic heterocycles. The van der Waals surface area contributed by atoms with E-state index in [1.165, 1.54) is 30.4 Å². The quantitative estimate of drug-likeness (QED) is 0.778. The summed E-state index contributed by atoms with van der Waals surface area (Å²) < 4.78 is 5.79. The summed E-state index contributed by atoms with van der Waals surface area (Å²) in [6.45, 7) is 4.71. The van der Waals surface area contributed by atoms with Gasteiger partial charge in [0.25, 0.3) is 5.91 Å². The van der Waals surface area contributed by atoms with Crippen LogP contribution in [0.15, 0.2) is 18.2 Å². The van der Waals surface area contributed by atoms with Crippen molar-refractivity contribution >= 4 is 5.91 Å². The van der Waals surface area contributed by atoms with E-state index in [9.17, 15) is 4.79 Å². The van der Waals surface area contributed by atoms with Crippen LogP contribution in [0.2, 0.25) is 0 Å². The molecule has 1 atom stereocenters. The zero-order chi connectivity index (χ0) is 15.1. The summed E-state index contributed by atoms with van der Waals surface area (Å²) in [6, 6.07) is 6.25. The molecule has 0 unspecified atom stereocenters. The van der Waals surface area contributed by atoms with Gasteiger partial charge in [0.2, 0.25) is 0 Å². The molecule has 0 fully saturated rings. The first-order chi connectivity index (χ1) is 10.2. The maximum Gasteiger partial charge on any atom is 0.260 e. The van der Waals surface area contributed by atoms with Crippen LogP contribution in [0.4, 0.5) is 0 Å². The highest BCUT2D eigenvalue weighted by molar-refractivity contribution is 5.80. The normalized spacial score (nSPS) is 15.1. The number of rotatable bonds is 7. The average molecular weight is 289 g/mol. The number of fused-ring (bicyclic) bond motifs is 1. The van der Waals surface area contributed by atoms with E-state index in [1.54, 1.807) is 0 Å². The van der Waals surface area contributed by atoms with Gasteiger partial charge in [0.1, 0.15) is 5.75 Å². The van der Waals surface area contributed by atoms with Gasteiger partial charge in [-0.3, -0.25) is 4.79 Å². The van der Waals surface area contributed by atoms with Crippen LogP contribution in [-0.4, -0.2) is 18.6 Å². The molecular weight excluding hydrogens is 262 g/mol. The van der Waals surface area contributed by atoms with Crippen LogP contribution >= 0.6 is 0 Å². The lowest BCUT2D eigenvalue weighted by Crippen LogP contribution is -2.36. The third-order valence-electron chi connectivity index (χ3n) is 4.08. The number of nitrogens with one attached hydrogen (secondary N) is 1. The standard InChI is InChI=1S/C18H27NO2/c1-3-4-7-12-19-18(20)14(2)21-17-11-10-15-8-5-6-9-16(15)13-17/h10-11,13-14H,3-9,12H2,1-2H3,(H,19,20)/t14-/m0/s1. The molecule has 1 aromatic rings. The minimum Gasteiger partial charge on any atom is -0.481 e. The van der Waals surface area contributed by atoms with Crippen LogP contribution in [0.5, 0.6) is 5.75 Å². The lowest BCUT2D eigenvalue weighted by atomic mass is 9.92. The lowest BCUT2D eigenvalue weighted by Gasteiger charge is -2.19. The summed E-state index contributed by atoms with van der Waals surface area (Å²) in [5.41, 5.74) is 2.82. The van der Waals surface area contributed by atoms with Crippen LogP contribution in [0.3, 0.4) is 0 Å². The molecular formula is C18H27NO2. The second-order valence-corrected chi connectivity index (χ2v) is 5.90. The Labute approximate surface area is 128 Å². The highest BCUT2D eigenvalue weighted by atomic mass is 16.5. The van der Waals surface area contributed by atoms with Crippen LogP contribution in [0.1, 0.15) is 57.1 Å². The van der Waals surface area contributed by atoms with Crippen LogP contribution < -0.4 is 10.1 Å². The van der Waals surface area contributed by atoms with E-state index in [0.717, 1.165) is 38.0 Å². The molecule has 116 valence electrons. The van der Waals surface area contributed by atoms with Gasteiger partial charge >= 0.3 is 0 Å². The van der Waals surface area contributed by atoms with Crippen molar-refractivity contribution in [2.45, 2.75) is 64.9 Å². The third kappa shape index (κ3) is 4.76. The molecule has 1 aromatic carbocycles. The number of aryl methyl sites for hydroxylation is 2. The highest BCUT2D eigenvalue weighted by Gasteiger charge is 2.15. The second-order valence-electron chi connectivity index (χ2n) is 5.90. The van der Waals surface area contributed by atoms with Crippen molar-refractivity contribution in [1.82, 2.24) is 5.32 Å². The van der Waals surface area contributed by atoms with Gasteiger partial charge in [-0.25, -0.2) is 0 Å². The summed E-state index contributed by atoms with van der Waals surface area (Å²) in [5, 5.41) is 2.94. The minimum atomic E-state index is -0.437. The fourth-order valence-corrected chi connectivity index (χ4v) is 2.77. The van der Waals surface area contributed by atoms with E-state index < -0.39 is 6.10 Å². The van der Waals surface area contributed by atoms with E-state index in [-0.39, 0.29) is 5.91 Å². The first-order valence-electron chi connectivity index (χ1n) is 8.27. The topological polar surface area (TPSA) is 38.3 Å².